The minimum absolute atomic E-state index is 0.241. The Balaban J connectivity index is 1.50. The Labute approximate surface area is 192 Å². The molecule has 3 N–H and O–H groups in total. The highest BCUT2D eigenvalue weighted by molar-refractivity contribution is 5.91. The maximum atomic E-state index is 7.75. The Kier molecular flexibility index (Phi) is 5.99. The van der Waals surface area contributed by atoms with E-state index < -0.39 is 0 Å². The zero-order valence-electron chi connectivity index (χ0n) is 18.6. The molecule has 1 fully saturated rings. The Bertz CT molecular complexity index is 1110. The highest BCUT2D eigenvalue weighted by Crippen LogP contribution is 2.31. The van der Waals surface area contributed by atoms with E-state index in [2.05, 4.69) is 30.4 Å². The lowest BCUT2D eigenvalue weighted by Crippen LogP contribution is -2.39. The lowest BCUT2D eigenvalue weighted by atomic mass is 10.0. The first-order valence-corrected chi connectivity index (χ1v) is 11.1. The molecule has 0 amide bonds. The van der Waals surface area contributed by atoms with Crippen molar-refractivity contribution in [2.75, 3.05) is 55.0 Å². The first-order valence-electron chi connectivity index (χ1n) is 11.1. The Morgan fingerprint density at radius 2 is 1.76 bits per heavy atom. The highest BCUT2D eigenvalue weighted by atomic mass is 16.5. The molecule has 0 radical (unpaired) electrons. The monoisotopic (exact) mass is 445 g/mol. The number of aromatic nitrogens is 4. The summed E-state index contributed by atoms with van der Waals surface area (Å²) in [6.45, 7) is 4.53. The lowest BCUT2D eigenvalue weighted by molar-refractivity contribution is 0.122. The van der Waals surface area contributed by atoms with Crippen LogP contribution in [-0.4, -0.2) is 65.8 Å². The molecule has 10 heteroatoms. The third-order valence-electron chi connectivity index (χ3n) is 5.85. The summed E-state index contributed by atoms with van der Waals surface area (Å²) in [4.78, 5) is 23.3. The molecule has 2 aromatic heterocycles. The molecule has 0 unspecified atom stereocenters. The summed E-state index contributed by atoms with van der Waals surface area (Å²) in [5.41, 5.74) is 3.98. The summed E-state index contributed by atoms with van der Waals surface area (Å²) in [6, 6.07) is 9.66. The van der Waals surface area contributed by atoms with Crippen LogP contribution in [-0.2, 0) is 17.7 Å². The smallest absolute Gasteiger partial charge is 0.225 e. The van der Waals surface area contributed by atoms with Gasteiger partial charge in [0.25, 0.3) is 0 Å². The molecule has 3 aromatic rings. The van der Waals surface area contributed by atoms with Gasteiger partial charge in [-0.25, -0.2) is 19.9 Å². The third kappa shape index (κ3) is 4.56. The van der Waals surface area contributed by atoms with Gasteiger partial charge >= 0.3 is 0 Å². The van der Waals surface area contributed by atoms with Gasteiger partial charge in [-0.2, -0.15) is 0 Å². The fourth-order valence-corrected chi connectivity index (χ4v) is 4.11. The zero-order chi connectivity index (χ0) is 22.6. The summed E-state index contributed by atoms with van der Waals surface area (Å²) in [5, 5.41) is 13.5. The molecule has 1 aromatic carbocycles. The molecular weight excluding hydrogens is 418 g/mol. The van der Waals surface area contributed by atoms with Crippen molar-refractivity contribution in [3.63, 3.8) is 0 Å². The topological polar surface area (TPSA) is 115 Å². The molecule has 4 heterocycles. The maximum absolute atomic E-state index is 7.75. The standard InChI is InChI=1S/C23H27N9O/c1-25-22(24)28-17-5-3-16(4-6-17)20-29-19-15-32(23-26-8-2-9-27-23)10-7-18(19)21(30-20)31-11-13-33-14-12-31/h2-6,8-9H,7,10-15H2,1H3,(H3,24,25,28). The van der Waals surface area contributed by atoms with Crippen LogP contribution < -0.4 is 20.4 Å². The van der Waals surface area contributed by atoms with E-state index in [-0.39, 0.29) is 5.96 Å². The predicted molar refractivity (Wildman–Crippen MR) is 128 cm³/mol. The van der Waals surface area contributed by atoms with Crippen molar-refractivity contribution in [2.24, 2.45) is 0 Å². The number of hydrogen-bond donors (Lipinski definition) is 3. The number of nitrogens with zero attached hydrogens (tertiary/aromatic N) is 6. The van der Waals surface area contributed by atoms with Crippen molar-refractivity contribution < 1.29 is 4.74 Å². The average molecular weight is 446 g/mol. The van der Waals surface area contributed by atoms with Crippen molar-refractivity contribution in [3.05, 3.63) is 54.0 Å². The number of morpholine rings is 1. The van der Waals surface area contributed by atoms with E-state index >= 15 is 0 Å². The van der Waals surface area contributed by atoms with E-state index in [9.17, 15) is 0 Å². The van der Waals surface area contributed by atoms with Gasteiger partial charge in [-0.05, 0) is 36.8 Å². The van der Waals surface area contributed by atoms with Gasteiger partial charge in [0.2, 0.25) is 5.95 Å². The predicted octanol–water partition coefficient (Wildman–Crippen LogP) is 1.90. The van der Waals surface area contributed by atoms with Crippen LogP contribution in [0.15, 0.2) is 42.7 Å². The van der Waals surface area contributed by atoms with E-state index in [0.29, 0.717) is 25.6 Å². The second-order valence-corrected chi connectivity index (χ2v) is 7.94. The fourth-order valence-electron chi connectivity index (χ4n) is 4.11. The number of anilines is 3. The first kappa shape index (κ1) is 21.1. The van der Waals surface area contributed by atoms with Gasteiger partial charge in [-0.15, -0.1) is 0 Å². The molecule has 0 bridgehead atoms. The maximum Gasteiger partial charge on any atom is 0.225 e. The summed E-state index contributed by atoms with van der Waals surface area (Å²) >= 11 is 0. The Morgan fingerprint density at radius 1 is 1.00 bits per heavy atom. The van der Waals surface area contributed by atoms with Gasteiger partial charge in [0.05, 0.1) is 25.5 Å². The van der Waals surface area contributed by atoms with Gasteiger partial charge in [0.15, 0.2) is 11.8 Å². The van der Waals surface area contributed by atoms with Crippen LogP contribution in [0.4, 0.5) is 17.5 Å². The summed E-state index contributed by atoms with van der Waals surface area (Å²) in [6.07, 6.45) is 4.38. The van der Waals surface area contributed by atoms with Crippen molar-refractivity contribution in [3.8, 4) is 11.4 Å². The first-order chi connectivity index (χ1) is 16.2. The van der Waals surface area contributed by atoms with Crippen LogP contribution in [0, 0.1) is 5.41 Å². The van der Waals surface area contributed by atoms with Crippen LogP contribution in [0.1, 0.15) is 11.3 Å². The van der Waals surface area contributed by atoms with E-state index in [1.807, 2.05) is 30.3 Å². The largest absolute Gasteiger partial charge is 0.378 e. The molecule has 10 nitrogen and oxygen atoms in total. The number of ether oxygens (including phenoxy) is 1. The van der Waals surface area contributed by atoms with Crippen molar-refractivity contribution in [1.82, 2.24) is 25.3 Å². The van der Waals surface area contributed by atoms with Crippen LogP contribution >= 0.6 is 0 Å². The minimum Gasteiger partial charge on any atom is -0.378 e. The molecule has 5 rings (SSSR count). The normalized spacial score (nSPS) is 15.7. The summed E-state index contributed by atoms with van der Waals surface area (Å²) in [5.74, 6) is 2.66. The molecule has 1 saturated heterocycles. The number of rotatable bonds is 4. The third-order valence-corrected chi connectivity index (χ3v) is 5.85. The average Bonchev–Trinajstić information content (AvgIpc) is 2.89. The quantitative estimate of drug-likeness (QED) is 0.409. The van der Waals surface area contributed by atoms with Crippen LogP contribution in [0.5, 0.6) is 0 Å². The van der Waals surface area contributed by atoms with Gasteiger partial charge < -0.3 is 25.2 Å². The van der Waals surface area contributed by atoms with Gasteiger partial charge in [-0.3, -0.25) is 5.41 Å². The number of hydrogen-bond acceptors (Lipinski definition) is 8. The molecule has 0 spiro atoms. The molecule has 2 aliphatic rings. The van der Waals surface area contributed by atoms with E-state index in [0.717, 1.165) is 54.8 Å². The van der Waals surface area contributed by atoms with Crippen LogP contribution in [0.2, 0.25) is 0 Å². The SMILES string of the molecule is CNC(=N)Nc1ccc(-c2nc3c(c(N4CCOCC4)n2)CCN(c2ncccn2)C3)cc1. The number of guanidine groups is 1. The zero-order valence-corrected chi connectivity index (χ0v) is 18.6. The second-order valence-electron chi connectivity index (χ2n) is 7.94. The molecule has 33 heavy (non-hydrogen) atoms. The summed E-state index contributed by atoms with van der Waals surface area (Å²) < 4.78 is 5.57. The second kappa shape index (κ2) is 9.37. The molecule has 0 saturated carbocycles. The van der Waals surface area contributed by atoms with E-state index in [1.54, 1.807) is 19.4 Å². The van der Waals surface area contributed by atoms with Crippen molar-refractivity contribution in [2.45, 2.75) is 13.0 Å². The molecule has 170 valence electrons. The van der Waals surface area contributed by atoms with Gasteiger partial charge in [0, 0.05) is 55.9 Å². The van der Waals surface area contributed by atoms with Gasteiger partial charge in [0.1, 0.15) is 5.82 Å². The molecule has 0 atom stereocenters. The highest BCUT2D eigenvalue weighted by Gasteiger charge is 2.27. The summed E-state index contributed by atoms with van der Waals surface area (Å²) in [7, 11) is 1.71. The number of fused-ring (bicyclic) bond motifs is 1. The Hall–Kier alpha value is -3.79. The van der Waals surface area contributed by atoms with Crippen molar-refractivity contribution >= 4 is 23.4 Å². The van der Waals surface area contributed by atoms with Gasteiger partial charge in [-0.1, -0.05) is 0 Å². The van der Waals surface area contributed by atoms with Crippen LogP contribution in [0.3, 0.4) is 0 Å². The van der Waals surface area contributed by atoms with E-state index in [4.69, 9.17) is 20.1 Å². The molecule has 0 aliphatic carbocycles. The number of benzene rings is 1. The van der Waals surface area contributed by atoms with Crippen LogP contribution in [0.25, 0.3) is 11.4 Å². The Morgan fingerprint density at radius 3 is 2.48 bits per heavy atom. The number of nitrogens with one attached hydrogen (secondary N) is 3. The molecule has 2 aliphatic heterocycles. The lowest BCUT2D eigenvalue weighted by Gasteiger charge is -2.34. The molecular formula is C23H27N9O. The van der Waals surface area contributed by atoms with Crippen molar-refractivity contribution in [1.29, 1.82) is 5.41 Å². The minimum atomic E-state index is 0.241. The fraction of sp³-hybridized carbons (Fsp3) is 0.348. The van der Waals surface area contributed by atoms with E-state index in [1.165, 1.54) is 5.56 Å².